The first-order valence-electron chi connectivity index (χ1n) is 5.03. The Hall–Kier alpha value is -0.520. The summed E-state index contributed by atoms with van der Waals surface area (Å²) in [4.78, 5) is 0. The molecule has 0 heterocycles. The SMILES string of the molecule is C=C(C)C[C@H](N)c1cc(OC)c(O)c(Br)c1Br. The topological polar surface area (TPSA) is 55.5 Å². The van der Waals surface area contributed by atoms with Crippen molar-refractivity contribution in [1.29, 1.82) is 0 Å². The highest BCUT2D eigenvalue weighted by Gasteiger charge is 2.18. The standard InChI is InChI=1S/C12H15Br2NO2/c1-6(2)4-8(15)7-5-9(17-3)12(16)11(14)10(7)13/h5,8,16H,1,4,15H2,2-3H3/t8-/m0/s1. The van der Waals surface area contributed by atoms with Gasteiger partial charge in [0.25, 0.3) is 0 Å². The molecule has 0 fully saturated rings. The average molecular weight is 365 g/mol. The summed E-state index contributed by atoms with van der Waals surface area (Å²) in [6.07, 6.45) is 0.680. The summed E-state index contributed by atoms with van der Waals surface area (Å²) in [5, 5.41) is 9.81. The van der Waals surface area contributed by atoms with Crippen LogP contribution >= 0.6 is 31.9 Å². The minimum absolute atomic E-state index is 0.0608. The fourth-order valence-electron chi connectivity index (χ4n) is 1.52. The number of methoxy groups -OCH3 is 1. The van der Waals surface area contributed by atoms with Gasteiger partial charge in [-0.25, -0.2) is 0 Å². The maximum atomic E-state index is 9.81. The van der Waals surface area contributed by atoms with Crippen LogP contribution in [-0.2, 0) is 0 Å². The molecule has 1 rings (SSSR count). The van der Waals surface area contributed by atoms with Crippen molar-refractivity contribution in [3.05, 3.63) is 32.7 Å². The Bertz CT molecular complexity index is 447. The maximum Gasteiger partial charge on any atom is 0.173 e. The molecule has 94 valence electrons. The van der Waals surface area contributed by atoms with E-state index < -0.39 is 0 Å². The number of hydrogen-bond acceptors (Lipinski definition) is 3. The van der Waals surface area contributed by atoms with E-state index in [1.165, 1.54) is 7.11 Å². The normalized spacial score (nSPS) is 12.3. The van der Waals surface area contributed by atoms with E-state index in [0.717, 1.165) is 15.6 Å². The van der Waals surface area contributed by atoms with E-state index in [4.69, 9.17) is 10.5 Å². The van der Waals surface area contributed by atoms with E-state index >= 15 is 0 Å². The zero-order valence-electron chi connectivity index (χ0n) is 9.76. The average Bonchev–Trinajstić information content (AvgIpc) is 2.25. The number of hydrogen-bond donors (Lipinski definition) is 2. The third-order valence-electron chi connectivity index (χ3n) is 2.36. The first-order chi connectivity index (χ1) is 7.88. The molecule has 0 amide bonds. The fraction of sp³-hybridized carbons (Fsp3) is 0.333. The Morgan fingerprint density at radius 2 is 2.12 bits per heavy atom. The Morgan fingerprint density at radius 1 is 1.53 bits per heavy atom. The van der Waals surface area contributed by atoms with Crippen molar-refractivity contribution in [2.45, 2.75) is 19.4 Å². The quantitative estimate of drug-likeness (QED) is 0.797. The van der Waals surface area contributed by atoms with Crippen molar-refractivity contribution in [3.63, 3.8) is 0 Å². The van der Waals surface area contributed by atoms with E-state index in [0.29, 0.717) is 16.6 Å². The summed E-state index contributed by atoms with van der Waals surface area (Å²) in [5.74, 6) is 0.456. The van der Waals surface area contributed by atoms with Gasteiger partial charge in [-0.05, 0) is 56.8 Å². The molecule has 0 aliphatic rings. The largest absolute Gasteiger partial charge is 0.503 e. The number of halogens is 2. The Balaban J connectivity index is 3.24. The van der Waals surface area contributed by atoms with Crippen LogP contribution in [0.5, 0.6) is 11.5 Å². The fourth-order valence-corrected chi connectivity index (χ4v) is 2.54. The molecule has 5 heteroatoms. The van der Waals surface area contributed by atoms with Crippen molar-refractivity contribution >= 4 is 31.9 Å². The lowest BCUT2D eigenvalue weighted by Gasteiger charge is -2.17. The maximum absolute atomic E-state index is 9.81. The number of phenolic OH excluding ortho intramolecular Hbond substituents is 1. The molecule has 1 atom stereocenters. The molecule has 0 aromatic heterocycles. The van der Waals surface area contributed by atoms with Crippen LogP contribution in [-0.4, -0.2) is 12.2 Å². The van der Waals surface area contributed by atoms with Gasteiger partial charge >= 0.3 is 0 Å². The lowest BCUT2D eigenvalue weighted by Crippen LogP contribution is -2.11. The summed E-state index contributed by atoms with van der Waals surface area (Å²) in [6.45, 7) is 5.78. The predicted octanol–water partition coefficient (Wildman–Crippen LogP) is 3.89. The Labute approximate surface area is 118 Å². The molecule has 1 aromatic carbocycles. The highest BCUT2D eigenvalue weighted by molar-refractivity contribution is 9.13. The molecule has 0 spiro atoms. The van der Waals surface area contributed by atoms with Crippen molar-refractivity contribution in [2.24, 2.45) is 5.73 Å². The summed E-state index contributed by atoms with van der Waals surface area (Å²) in [6, 6.07) is 1.55. The lowest BCUT2D eigenvalue weighted by atomic mass is 10.0. The zero-order valence-corrected chi connectivity index (χ0v) is 12.9. The number of phenols is 1. The highest BCUT2D eigenvalue weighted by Crippen LogP contribution is 2.43. The molecule has 17 heavy (non-hydrogen) atoms. The summed E-state index contributed by atoms with van der Waals surface area (Å²) in [5.41, 5.74) is 7.97. The van der Waals surface area contributed by atoms with Crippen LogP contribution in [0.1, 0.15) is 24.9 Å². The minimum atomic E-state index is -0.187. The molecule has 0 bridgehead atoms. The van der Waals surface area contributed by atoms with Crippen LogP contribution < -0.4 is 10.5 Å². The van der Waals surface area contributed by atoms with Gasteiger partial charge < -0.3 is 15.6 Å². The second kappa shape index (κ2) is 5.89. The van der Waals surface area contributed by atoms with Gasteiger partial charge in [-0.1, -0.05) is 5.57 Å². The predicted molar refractivity (Wildman–Crippen MR) is 76.4 cm³/mol. The molecule has 0 unspecified atom stereocenters. The molecule has 1 aromatic rings. The summed E-state index contributed by atoms with van der Waals surface area (Å²) in [7, 11) is 1.50. The molecular weight excluding hydrogens is 350 g/mol. The Morgan fingerprint density at radius 3 is 2.59 bits per heavy atom. The lowest BCUT2D eigenvalue weighted by molar-refractivity contribution is 0.370. The molecule has 0 saturated heterocycles. The first-order valence-corrected chi connectivity index (χ1v) is 6.61. The summed E-state index contributed by atoms with van der Waals surface area (Å²) >= 11 is 6.71. The number of rotatable bonds is 4. The van der Waals surface area contributed by atoms with E-state index in [1.807, 2.05) is 6.92 Å². The van der Waals surface area contributed by atoms with Gasteiger partial charge in [0.05, 0.1) is 11.6 Å². The van der Waals surface area contributed by atoms with E-state index in [-0.39, 0.29) is 11.8 Å². The van der Waals surface area contributed by atoms with Crippen molar-refractivity contribution in [3.8, 4) is 11.5 Å². The van der Waals surface area contributed by atoms with Gasteiger partial charge in [-0.3, -0.25) is 0 Å². The van der Waals surface area contributed by atoms with Crippen LogP contribution in [0.15, 0.2) is 27.2 Å². The minimum Gasteiger partial charge on any atom is -0.503 e. The van der Waals surface area contributed by atoms with Crippen molar-refractivity contribution in [1.82, 2.24) is 0 Å². The third kappa shape index (κ3) is 3.24. The van der Waals surface area contributed by atoms with Gasteiger partial charge in [0, 0.05) is 10.5 Å². The number of benzene rings is 1. The van der Waals surface area contributed by atoms with Gasteiger partial charge in [0.15, 0.2) is 11.5 Å². The van der Waals surface area contributed by atoms with Gasteiger partial charge in [0.1, 0.15) is 0 Å². The van der Waals surface area contributed by atoms with E-state index in [9.17, 15) is 5.11 Å². The van der Waals surface area contributed by atoms with Crippen LogP contribution in [0.4, 0.5) is 0 Å². The number of nitrogens with two attached hydrogens (primary N) is 1. The van der Waals surface area contributed by atoms with Crippen molar-refractivity contribution < 1.29 is 9.84 Å². The molecule has 0 radical (unpaired) electrons. The van der Waals surface area contributed by atoms with Gasteiger partial charge in [-0.2, -0.15) is 0 Å². The molecule has 0 saturated carbocycles. The molecule has 0 aliphatic heterocycles. The van der Waals surface area contributed by atoms with Crippen LogP contribution in [0, 0.1) is 0 Å². The van der Waals surface area contributed by atoms with Gasteiger partial charge in [-0.15, -0.1) is 6.58 Å². The van der Waals surface area contributed by atoms with E-state index in [1.54, 1.807) is 6.07 Å². The first kappa shape index (κ1) is 14.5. The number of aromatic hydroxyl groups is 1. The molecule has 3 nitrogen and oxygen atoms in total. The molecule has 0 aliphatic carbocycles. The Kier molecular flexibility index (Phi) is 5.04. The molecule has 3 N–H and O–H groups in total. The summed E-state index contributed by atoms with van der Waals surface area (Å²) < 4.78 is 6.38. The highest BCUT2D eigenvalue weighted by atomic mass is 79.9. The third-order valence-corrected chi connectivity index (χ3v) is 4.52. The van der Waals surface area contributed by atoms with Crippen molar-refractivity contribution in [2.75, 3.05) is 7.11 Å². The van der Waals surface area contributed by atoms with Crippen LogP contribution in [0.2, 0.25) is 0 Å². The monoisotopic (exact) mass is 363 g/mol. The second-order valence-electron chi connectivity index (χ2n) is 3.91. The van der Waals surface area contributed by atoms with Crippen LogP contribution in [0.25, 0.3) is 0 Å². The smallest absolute Gasteiger partial charge is 0.173 e. The second-order valence-corrected chi connectivity index (χ2v) is 5.50. The zero-order chi connectivity index (χ0) is 13.2. The van der Waals surface area contributed by atoms with E-state index in [2.05, 4.69) is 38.4 Å². The van der Waals surface area contributed by atoms with Gasteiger partial charge in [0.2, 0.25) is 0 Å². The number of ether oxygens (including phenoxy) is 1. The van der Waals surface area contributed by atoms with Crippen LogP contribution in [0.3, 0.4) is 0 Å². The molecular formula is C12H15Br2NO2.